The van der Waals surface area contributed by atoms with Crippen LogP contribution in [-0.4, -0.2) is 13.4 Å². The molecule has 4 heteroatoms. The molecule has 2 aromatic carbocycles. The van der Waals surface area contributed by atoms with E-state index in [4.69, 9.17) is 10.6 Å². The van der Waals surface area contributed by atoms with Crippen molar-refractivity contribution in [1.82, 2.24) is 5.48 Å². The molecule has 0 aliphatic heterocycles. The van der Waals surface area contributed by atoms with Crippen molar-refractivity contribution in [2.75, 3.05) is 12.8 Å². The van der Waals surface area contributed by atoms with Crippen LogP contribution in [0, 0.1) is 0 Å². The van der Waals surface area contributed by atoms with Crippen molar-refractivity contribution in [2.24, 2.45) is 4.99 Å². The van der Waals surface area contributed by atoms with Crippen molar-refractivity contribution in [2.45, 2.75) is 13.3 Å². The second-order valence-corrected chi connectivity index (χ2v) is 4.41. The number of aliphatic imine (C=N–C) groups is 1. The predicted molar refractivity (Wildman–Crippen MR) is 83.8 cm³/mol. The number of nitrogens with one attached hydrogen (secondary N) is 1. The van der Waals surface area contributed by atoms with E-state index in [1.807, 2.05) is 12.1 Å². The minimum absolute atomic E-state index is 0.649. The molecule has 20 heavy (non-hydrogen) atoms. The van der Waals surface area contributed by atoms with Crippen molar-refractivity contribution >= 4 is 12.0 Å². The lowest BCUT2D eigenvalue weighted by Gasteiger charge is -2.09. The zero-order chi connectivity index (χ0) is 14.4. The molecule has 4 nitrogen and oxygen atoms in total. The van der Waals surface area contributed by atoms with E-state index in [1.165, 1.54) is 11.9 Å². The van der Waals surface area contributed by atoms with Gasteiger partial charge in [0.15, 0.2) is 5.75 Å². The third-order valence-corrected chi connectivity index (χ3v) is 3.05. The fourth-order valence-corrected chi connectivity index (χ4v) is 1.93. The number of hydrogen-bond donors (Lipinski definition) is 2. The zero-order valence-electron chi connectivity index (χ0n) is 11.8. The van der Waals surface area contributed by atoms with E-state index < -0.39 is 0 Å². The second-order valence-electron chi connectivity index (χ2n) is 4.41. The Balaban J connectivity index is 2.19. The summed E-state index contributed by atoms with van der Waals surface area (Å²) in [5.74, 6) is 0.649. The normalized spacial score (nSPS) is 10.7. The number of benzene rings is 2. The number of hydroxylamine groups is 1. The quantitative estimate of drug-likeness (QED) is 0.379. The Morgan fingerprint density at radius 3 is 2.55 bits per heavy atom. The summed E-state index contributed by atoms with van der Waals surface area (Å²) < 4.78 is 0. The lowest BCUT2D eigenvalue weighted by Crippen LogP contribution is -2.15. The Kier molecular flexibility index (Phi) is 4.60. The molecule has 0 spiro atoms. The molecule has 104 valence electrons. The Labute approximate surface area is 119 Å². The summed E-state index contributed by atoms with van der Waals surface area (Å²) in [7, 11) is 1.66. The molecule has 0 amide bonds. The maximum atomic E-state index is 6.09. The van der Waals surface area contributed by atoms with Gasteiger partial charge in [-0.3, -0.25) is 4.99 Å². The number of rotatable bonds is 5. The highest BCUT2D eigenvalue weighted by Gasteiger charge is 2.04. The summed E-state index contributed by atoms with van der Waals surface area (Å²) in [6, 6.07) is 14.0. The van der Waals surface area contributed by atoms with Crippen molar-refractivity contribution in [3.8, 4) is 16.9 Å². The molecule has 0 aliphatic carbocycles. The Bertz CT molecular complexity index is 591. The third kappa shape index (κ3) is 3.29. The molecule has 0 heterocycles. The molecular formula is C16H19N3O. The number of nitrogens with zero attached hydrogens (tertiary/aromatic N) is 1. The van der Waals surface area contributed by atoms with Crippen LogP contribution >= 0.6 is 0 Å². The maximum Gasteiger partial charge on any atom is 0.157 e. The highest BCUT2D eigenvalue weighted by Crippen LogP contribution is 2.29. The molecule has 0 unspecified atom stereocenters. The van der Waals surface area contributed by atoms with Crippen LogP contribution in [0.1, 0.15) is 12.5 Å². The van der Waals surface area contributed by atoms with Gasteiger partial charge in [0.1, 0.15) is 6.34 Å². The topological polar surface area (TPSA) is 59.6 Å². The first-order valence-electron chi connectivity index (χ1n) is 6.56. The van der Waals surface area contributed by atoms with Gasteiger partial charge < -0.3 is 10.6 Å². The van der Waals surface area contributed by atoms with Crippen molar-refractivity contribution in [3.63, 3.8) is 0 Å². The number of hydrogen-bond acceptors (Lipinski definition) is 3. The fourth-order valence-electron chi connectivity index (χ4n) is 1.93. The SMILES string of the molecule is CCc1ccc(-c2ccc(ONC=NC)cc2N)cc1. The van der Waals surface area contributed by atoms with Gasteiger partial charge in [0.05, 0.1) is 0 Å². The predicted octanol–water partition coefficient (Wildman–Crippen LogP) is 3.04. The lowest BCUT2D eigenvalue weighted by atomic mass is 10.0. The second kappa shape index (κ2) is 6.61. The van der Waals surface area contributed by atoms with E-state index >= 15 is 0 Å². The van der Waals surface area contributed by atoms with Gasteiger partial charge in [-0.2, -0.15) is 0 Å². The van der Waals surface area contributed by atoms with Gasteiger partial charge in [0.25, 0.3) is 0 Å². The molecule has 0 saturated carbocycles. The van der Waals surface area contributed by atoms with E-state index in [2.05, 4.69) is 41.7 Å². The smallest absolute Gasteiger partial charge is 0.157 e. The molecular weight excluding hydrogens is 250 g/mol. The minimum Gasteiger partial charge on any atom is -0.398 e. The van der Waals surface area contributed by atoms with Crippen molar-refractivity contribution in [1.29, 1.82) is 0 Å². The molecule has 0 aromatic heterocycles. The molecule has 3 N–H and O–H groups in total. The van der Waals surface area contributed by atoms with Crippen LogP contribution in [-0.2, 0) is 6.42 Å². The first-order valence-corrected chi connectivity index (χ1v) is 6.56. The summed E-state index contributed by atoms with van der Waals surface area (Å²) >= 11 is 0. The van der Waals surface area contributed by atoms with E-state index in [0.29, 0.717) is 11.4 Å². The maximum absolute atomic E-state index is 6.09. The molecule has 0 bridgehead atoms. The third-order valence-electron chi connectivity index (χ3n) is 3.05. The highest BCUT2D eigenvalue weighted by atomic mass is 16.6. The van der Waals surface area contributed by atoms with Gasteiger partial charge in [-0.25, -0.2) is 5.48 Å². The number of nitrogens with two attached hydrogens (primary N) is 1. The average Bonchev–Trinajstić information content (AvgIpc) is 2.48. The lowest BCUT2D eigenvalue weighted by molar-refractivity contribution is 0.267. The van der Waals surface area contributed by atoms with Crippen molar-refractivity contribution < 1.29 is 4.84 Å². The monoisotopic (exact) mass is 269 g/mol. The Morgan fingerprint density at radius 1 is 1.20 bits per heavy atom. The molecule has 0 radical (unpaired) electrons. The van der Waals surface area contributed by atoms with Gasteiger partial charge in [-0.15, -0.1) is 0 Å². The van der Waals surface area contributed by atoms with Crippen LogP contribution in [0.25, 0.3) is 11.1 Å². The van der Waals surface area contributed by atoms with E-state index in [9.17, 15) is 0 Å². The van der Waals surface area contributed by atoms with Gasteiger partial charge in [0.2, 0.25) is 0 Å². The van der Waals surface area contributed by atoms with Crippen LogP contribution in [0.15, 0.2) is 47.5 Å². The van der Waals surface area contributed by atoms with Crippen LogP contribution in [0.3, 0.4) is 0 Å². The van der Waals surface area contributed by atoms with Crippen LogP contribution < -0.4 is 16.1 Å². The zero-order valence-corrected chi connectivity index (χ0v) is 11.8. The van der Waals surface area contributed by atoms with Gasteiger partial charge >= 0.3 is 0 Å². The molecule has 2 rings (SSSR count). The standard InChI is InChI=1S/C16H19N3O/c1-3-12-4-6-13(7-5-12)15-9-8-14(10-16(15)17)20-19-11-18-2/h4-11H,3,17H2,1-2H3,(H,18,19). The number of anilines is 1. The molecule has 0 atom stereocenters. The van der Waals surface area contributed by atoms with Crippen LogP contribution in [0.5, 0.6) is 5.75 Å². The van der Waals surface area contributed by atoms with Crippen molar-refractivity contribution in [3.05, 3.63) is 48.0 Å². The highest BCUT2D eigenvalue weighted by molar-refractivity contribution is 5.77. The van der Waals surface area contributed by atoms with Gasteiger partial charge in [-0.1, -0.05) is 31.2 Å². The van der Waals surface area contributed by atoms with Crippen LogP contribution in [0.2, 0.25) is 0 Å². The number of nitrogen functional groups attached to an aromatic ring is 1. The van der Waals surface area contributed by atoms with E-state index in [-0.39, 0.29) is 0 Å². The van der Waals surface area contributed by atoms with E-state index in [0.717, 1.165) is 17.5 Å². The fraction of sp³-hybridized carbons (Fsp3) is 0.188. The summed E-state index contributed by atoms with van der Waals surface area (Å²) in [6.45, 7) is 2.14. The first-order chi connectivity index (χ1) is 9.74. The van der Waals surface area contributed by atoms with E-state index in [1.54, 1.807) is 13.1 Å². The molecule has 0 saturated heterocycles. The van der Waals surface area contributed by atoms with Gasteiger partial charge in [0, 0.05) is 24.4 Å². The minimum atomic E-state index is 0.649. The molecule has 0 aliphatic rings. The van der Waals surface area contributed by atoms with Crippen LogP contribution in [0.4, 0.5) is 5.69 Å². The summed E-state index contributed by atoms with van der Waals surface area (Å²) in [5, 5.41) is 0. The first kappa shape index (κ1) is 13.9. The summed E-state index contributed by atoms with van der Waals surface area (Å²) in [4.78, 5) is 9.04. The average molecular weight is 269 g/mol. The largest absolute Gasteiger partial charge is 0.398 e. The molecule has 0 fully saturated rings. The Hall–Kier alpha value is -2.49. The van der Waals surface area contributed by atoms with Gasteiger partial charge in [-0.05, 0) is 29.7 Å². The molecule has 2 aromatic rings. The number of aryl methyl sites for hydroxylation is 1. The summed E-state index contributed by atoms with van der Waals surface area (Å²) in [6.07, 6.45) is 2.50. The Morgan fingerprint density at radius 2 is 1.95 bits per heavy atom. The summed E-state index contributed by atoms with van der Waals surface area (Å²) in [5.41, 5.74) is 12.8.